The number of thiophene rings is 1. The lowest BCUT2D eigenvalue weighted by molar-refractivity contribution is 0.0749. The summed E-state index contributed by atoms with van der Waals surface area (Å²) in [6, 6.07) is 16.6. The number of aromatic nitrogens is 1. The summed E-state index contributed by atoms with van der Waals surface area (Å²) in [5.74, 6) is 1.87. The van der Waals surface area contributed by atoms with Gasteiger partial charge in [-0.2, -0.15) is 0 Å². The van der Waals surface area contributed by atoms with E-state index in [2.05, 4.69) is 4.98 Å². The molecule has 0 aliphatic carbocycles. The quantitative estimate of drug-likeness (QED) is 0.383. The number of hydrogen-bond donors (Lipinski definition) is 1. The van der Waals surface area contributed by atoms with Crippen molar-refractivity contribution in [2.24, 2.45) is 0 Å². The number of hydrogen-bond acceptors (Lipinski definition) is 6. The van der Waals surface area contributed by atoms with Crippen LogP contribution in [0.4, 0.5) is 0 Å². The van der Waals surface area contributed by atoms with Crippen molar-refractivity contribution in [3.05, 3.63) is 86.3 Å². The van der Waals surface area contributed by atoms with Gasteiger partial charge in [0.1, 0.15) is 5.75 Å². The first-order chi connectivity index (χ1) is 16.5. The van der Waals surface area contributed by atoms with E-state index in [9.17, 15) is 9.59 Å². The molecule has 8 heteroatoms. The fourth-order valence-corrected chi connectivity index (χ4v) is 4.48. The SMILES string of the molecule is COc1ccc2[nH]c(=O)c(CN(CCc3ccc(OC)c(OC)c3)C(=O)c3cccs3)cc2c1. The molecule has 1 N–H and O–H groups in total. The van der Waals surface area contributed by atoms with E-state index in [-0.39, 0.29) is 18.0 Å². The molecule has 2 aromatic carbocycles. The average Bonchev–Trinajstić information content (AvgIpc) is 3.41. The molecule has 2 aromatic heterocycles. The molecule has 4 rings (SSSR count). The number of amides is 1. The highest BCUT2D eigenvalue weighted by Gasteiger charge is 2.19. The van der Waals surface area contributed by atoms with Crippen molar-refractivity contribution < 1.29 is 19.0 Å². The maximum absolute atomic E-state index is 13.3. The molecular formula is C26H26N2O5S. The third kappa shape index (κ3) is 5.07. The first kappa shape index (κ1) is 23.4. The normalized spacial score (nSPS) is 10.8. The van der Waals surface area contributed by atoms with Gasteiger partial charge in [0.25, 0.3) is 11.5 Å². The molecule has 0 radical (unpaired) electrons. The van der Waals surface area contributed by atoms with Gasteiger partial charge in [-0.1, -0.05) is 12.1 Å². The summed E-state index contributed by atoms with van der Waals surface area (Å²) in [6.45, 7) is 0.619. The van der Waals surface area contributed by atoms with Crippen LogP contribution in [-0.4, -0.2) is 43.7 Å². The lowest BCUT2D eigenvalue weighted by atomic mass is 10.1. The Kier molecular flexibility index (Phi) is 7.18. The molecule has 0 spiro atoms. The molecule has 34 heavy (non-hydrogen) atoms. The van der Waals surface area contributed by atoms with Gasteiger partial charge >= 0.3 is 0 Å². The summed E-state index contributed by atoms with van der Waals surface area (Å²) in [6.07, 6.45) is 0.594. The number of nitrogens with zero attached hydrogens (tertiary/aromatic N) is 1. The highest BCUT2D eigenvalue weighted by atomic mass is 32.1. The minimum Gasteiger partial charge on any atom is -0.497 e. The summed E-state index contributed by atoms with van der Waals surface area (Å²) in [5.41, 5.74) is 2.01. The van der Waals surface area contributed by atoms with Crippen LogP contribution >= 0.6 is 11.3 Å². The van der Waals surface area contributed by atoms with Gasteiger partial charge in [0.05, 0.1) is 32.8 Å². The van der Waals surface area contributed by atoms with E-state index in [1.807, 2.05) is 47.8 Å². The van der Waals surface area contributed by atoms with Gasteiger partial charge in [-0.15, -0.1) is 11.3 Å². The average molecular weight is 479 g/mol. The summed E-state index contributed by atoms with van der Waals surface area (Å²) in [5, 5.41) is 2.71. The zero-order valence-corrected chi connectivity index (χ0v) is 20.1. The smallest absolute Gasteiger partial charge is 0.264 e. The summed E-state index contributed by atoms with van der Waals surface area (Å²) < 4.78 is 16.0. The van der Waals surface area contributed by atoms with Crippen LogP contribution in [0.25, 0.3) is 10.9 Å². The minimum absolute atomic E-state index is 0.111. The van der Waals surface area contributed by atoms with Gasteiger partial charge in [0, 0.05) is 23.0 Å². The van der Waals surface area contributed by atoms with E-state index in [0.717, 1.165) is 16.5 Å². The number of ether oxygens (including phenoxy) is 3. The van der Waals surface area contributed by atoms with E-state index >= 15 is 0 Å². The Morgan fingerprint density at radius 3 is 2.50 bits per heavy atom. The van der Waals surface area contributed by atoms with Crippen molar-refractivity contribution in [2.45, 2.75) is 13.0 Å². The number of nitrogens with one attached hydrogen (secondary N) is 1. The molecule has 0 bridgehead atoms. The van der Waals surface area contributed by atoms with Crippen LogP contribution < -0.4 is 19.8 Å². The van der Waals surface area contributed by atoms with Crippen LogP contribution in [0.2, 0.25) is 0 Å². The molecule has 0 fully saturated rings. The number of carbonyl (C=O) groups is 1. The number of aromatic amines is 1. The van der Waals surface area contributed by atoms with Gasteiger partial charge in [-0.25, -0.2) is 0 Å². The summed E-state index contributed by atoms with van der Waals surface area (Å²) in [7, 11) is 4.79. The zero-order valence-electron chi connectivity index (χ0n) is 19.3. The standard InChI is InChI=1S/C26H26N2O5S/c1-31-20-7-8-21-18(15-20)14-19(25(29)27-21)16-28(26(30)24-5-4-12-34-24)11-10-17-6-9-22(32-2)23(13-17)33-3/h4-9,12-15H,10-11,16H2,1-3H3,(H,27,29). The van der Waals surface area contributed by atoms with Crippen LogP contribution in [0.15, 0.2) is 64.8 Å². The number of rotatable bonds is 9. The van der Waals surface area contributed by atoms with E-state index < -0.39 is 0 Å². The molecule has 0 aliphatic heterocycles. The van der Waals surface area contributed by atoms with Crippen LogP contribution in [0.3, 0.4) is 0 Å². The fraction of sp³-hybridized carbons (Fsp3) is 0.231. The highest BCUT2D eigenvalue weighted by Crippen LogP contribution is 2.28. The molecule has 0 saturated heterocycles. The molecule has 0 atom stereocenters. The monoisotopic (exact) mass is 478 g/mol. The first-order valence-corrected chi connectivity index (χ1v) is 11.6. The van der Waals surface area contributed by atoms with Gasteiger partial charge in [-0.05, 0) is 59.8 Å². The summed E-state index contributed by atoms with van der Waals surface area (Å²) >= 11 is 1.38. The predicted octanol–water partition coefficient (Wildman–Crippen LogP) is 4.50. The van der Waals surface area contributed by atoms with Crippen LogP contribution in [0, 0.1) is 0 Å². The van der Waals surface area contributed by atoms with Gasteiger partial charge in [-0.3, -0.25) is 9.59 Å². The number of carbonyl (C=O) groups excluding carboxylic acids is 1. The Morgan fingerprint density at radius 2 is 1.79 bits per heavy atom. The number of methoxy groups -OCH3 is 3. The van der Waals surface area contributed by atoms with Crippen molar-refractivity contribution in [3.63, 3.8) is 0 Å². The van der Waals surface area contributed by atoms with Crippen molar-refractivity contribution in [1.29, 1.82) is 0 Å². The van der Waals surface area contributed by atoms with E-state index in [1.165, 1.54) is 11.3 Å². The second kappa shape index (κ2) is 10.4. The van der Waals surface area contributed by atoms with E-state index in [4.69, 9.17) is 14.2 Å². The molecule has 4 aromatic rings. The Hall–Kier alpha value is -3.78. The minimum atomic E-state index is -0.215. The maximum atomic E-state index is 13.3. The molecule has 0 unspecified atom stereocenters. The predicted molar refractivity (Wildman–Crippen MR) is 133 cm³/mol. The Bertz CT molecular complexity index is 1350. The van der Waals surface area contributed by atoms with Crippen molar-refractivity contribution in [2.75, 3.05) is 27.9 Å². The molecule has 0 aliphatic rings. The van der Waals surface area contributed by atoms with Crippen molar-refractivity contribution in [1.82, 2.24) is 9.88 Å². The lowest BCUT2D eigenvalue weighted by Gasteiger charge is -2.22. The number of pyridine rings is 1. The fourth-order valence-electron chi connectivity index (χ4n) is 3.79. The van der Waals surface area contributed by atoms with Gasteiger partial charge in [0.15, 0.2) is 11.5 Å². The second-order valence-electron chi connectivity index (χ2n) is 7.72. The topological polar surface area (TPSA) is 80.9 Å². The lowest BCUT2D eigenvalue weighted by Crippen LogP contribution is -2.34. The van der Waals surface area contributed by atoms with Crippen LogP contribution in [0.1, 0.15) is 20.8 Å². The summed E-state index contributed by atoms with van der Waals surface area (Å²) in [4.78, 5) is 31.3. The van der Waals surface area contributed by atoms with Crippen molar-refractivity contribution >= 4 is 28.1 Å². The number of H-pyrrole nitrogens is 1. The Balaban J connectivity index is 1.62. The first-order valence-electron chi connectivity index (χ1n) is 10.8. The van der Waals surface area contributed by atoms with Gasteiger partial charge < -0.3 is 24.1 Å². The molecule has 7 nitrogen and oxygen atoms in total. The van der Waals surface area contributed by atoms with Crippen LogP contribution in [-0.2, 0) is 13.0 Å². The molecular weight excluding hydrogens is 452 g/mol. The molecule has 0 saturated carbocycles. The molecule has 176 valence electrons. The largest absolute Gasteiger partial charge is 0.497 e. The Morgan fingerprint density at radius 1 is 0.971 bits per heavy atom. The number of fused-ring (bicyclic) bond motifs is 1. The maximum Gasteiger partial charge on any atom is 0.264 e. The highest BCUT2D eigenvalue weighted by molar-refractivity contribution is 7.12. The van der Waals surface area contributed by atoms with Crippen molar-refractivity contribution in [3.8, 4) is 17.2 Å². The zero-order chi connectivity index (χ0) is 24.1. The second-order valence-corrected chi connectivity index (χ2v) is 8.67. The third-order valence-corrected chi connectivity index (χ3v) is 6.48. The Labute approximate surface area is 201 Å². The number of benzene rings is 2. The van der Waals surface area contributed by atoms with E-state index in [0.29, 0.717) is 40.7 Å². The van der Waals surface area contributed by atoms with Gasteiger partial charge in [0.2, 0.25) is 0 Å². The molecule has 2 heterocycles. The molecule has 1 amide bonds. The van der Waals surface area contributed by atoms with E-state index in [1.54, 1.807) is 38.4 Å². The van der Waals surface area contributed by atoms with Crippen LogP contribution in [0.5, 0.6) is 17.2 Å². The third-order valence-electron chi connectivity index (χ3n) is 5.63.